The molecule has 2 rings (SSSR count). The molecule has 0 radical (unpaired) electrons. The normalized spacial score (nSPS) is 10.6. The van der Waals surface area contributed by atoms with Crippen molar-refractivity contribution in [2.75, 3.05) is 5.43 Å². The minimum absolute atomic E-state index is 0.224. The van der Waals surface area contributed by atoms with Crippen LogP contribution in [0.25, 0.3) is 0 Å². The lowest BCUT2D eigenvalue weighted by atomic mass is 10.1. The predicted octanol–water partition coefficient (Wildman–Crippen LogP) is 2.76. The molecule has 0 atom stereocenters. The molecular formula is C13H14ClFN4. The number of halogens is 2. The summed E-state index contributed by atoms with van der Waals surface area (Å²) in [5, 5.41) is 0.365. The largest absolute Gasteiger partial charge is 0.308 e. The fourth-order valence-electron chi connectivity index (χ4n) is 1.77. The second-order valence-corrected chi connectivity index (χ2v) is 4.63. The van der Waals surface area contributed by atoms with E-state index in [1.807, 2.05) is 13.8 Å². The third-order valence-corrected chi connectivity index (χ3v) is 3.32. The topological polar surface area (TPSA) is 63.8 Å². The molecule has 4 nitrogen and oxygen atoms in total. The molecule has 1 heterocycles. The van der Waals surface area contributed by atoms with Gasteiger partial charge in [0.1, 0.15) is 17.5 Å². The summed E-state index contributed by atoms with van der Waals surface area (Å²) in [5.41, 5.74) is 4.56. The molecule has 1 aromatic heterocycles. The molecule has 0 saturated heterocycles. The molecule has 0 bridgehead atoms. The molecule has 0 fully saturated rings. The van der Waals surface area contributed by atoms with Gasteiger partial charge in [-0.25, -0.2) is 20.2 Å². The van der Waals surface area contributed by atoms with Gasteiger partial charge >= 0.3 is 0 Å². The zero-order chi connectivity index (χ0) is 14.0. The number of nitrogens with two attached hydrogens (primary N) is 1. The number of nitrogens with zero attached hydrogens (tertiary/aromatic N) is 2. The summed E-state index contributed by atoms with van der Waals surface area (Å²) in [6.45, 7) is 3.72. The number of nitrogens with one attached hydrogen (secondary N) is 1. The Hall–Kier alpha value is -1.72. The summed E-state index contributed by atoms with van der Waals surface area (Å²) in [4.78, 5) is 8.58. The van der Waals surface area contributed by atoms with E-state index in [0.717, 1.165) is 11.3 Å². The van der Waals surface area contributed by atoms with Gasteiger partial charge in [-0.15, -0.1) is 0 Å². The molecule has 0 saturated carbocycles. The first kappa shape index (κ1) is 13.7. The van der Waals surface area contributed by atoms with E-state index in [0.29, 0.717) is 22.2 Å². The number of anilines is 1. The lowest BCUT2D eigenvalue weighted by Crippen LogP contribution is -2.14. The van der Waals surface area contributed by atoms with Crippen LogP contribution in [0.5, 0.6) is 0 Å². The van der Waals surface area contributed by atoms with E-state index in [1.165, 1.54) is 6.07 Å². The molecule has 0 amide bonds. The van der Waals surface area contributed by atoms with Gasteiger partial charge in [-0.3, -0.25) is 0 Å². The van der Waals surface area contributed by atoms with Crippen molar-refractivity contribution in [2.45, 2.75) is 20.3 Å². The maximum atomic E-state index is 13.7. The van der Waals surface area contributed by atoms with Gasteiger partial charge in [0.2, 0.25) is 0 Å². The maximum absolute atomic E-state index is 13.7. The number of hydrazine groups is 1. The average Bonchev–Trinajstić information content (AvgIpc) is 2.38. The first-order chi connectivity index (χ1) is 9.02. The molecule has 3 N–H and O–H groups in total. The Bertz CT molecular complexity index is 596. The van der Waals surface area contributed by atoms with Gasteiger partial charge in [-0.05, 0) is 26.0 Å². The molecular weight excluding hydrogens is 267 g/mol. The standard InChI is InChI=1S/C13H14ClFN4/c1-7-8(2)17-12(18-13(7)19-16)6-9-10(14)4-3-5-11(9)15/h3-5H,6,16H2,1-2H3,(H,17,18,19). The zero-order valence-corrected chi connectivity index (χ0v) is 11.4. The predicted molar refractivity (Wildman–Crippen MR) is 73.5 cm³/mol. The number of nitrogen functional groups attached to an aromatic ring is 1. The minimum atomic E-state index is -0.364. The lowest BCUT2D eigenvalue weighted by Gasteiger charge is -2.10. The molecule has 0 aliphatic heterocycles. The molecule has 100 valence electrons. The van der Waals surface area contributed by atoms with Crippen LogP contribution in [0.3, 0.4) is 0 Å². The molecule has 0 unspecified atom stereocenters. The lowest BCUT2D eigenvalue weighted by molar-refractivity contribution is 0.612. The number of aryl methyl sites for hydroxylation is 1. The zero-order valence-electron chi connectivity index (χ0n) is 10.7. The molecule has 19 heavy (non-hydrogen) atoms. The summed E-state index contributed by atoms with van der Waals surface area (Å²) >= 11 is 5.99. The summed E-state index contributed by atoms with van der Waals surface area (Å²) in [5.74, 6) is 6.05. The highest BCUT2D eigenvalue weighted by Gasteiger charge is 2.12. The first-order valence-corrected chi connectivity index (χ1v) is 6.14. The van der Waals surface area contributed by atoms with Crippen LogP contribution in [0.1, 0.15) is 22.6 Å². The molecule has 0 aliphatic rings. The van der Waals surface area contributed by atoms with Crippen molar-refractivity contribution >= 4 is 17.4 Å². The second-order valence-electron chi connectivity index (χ2n) is 4.22. The maximum Gasteiger partial charge on any atom is 0.146 e. The fourth-order valence-corrected chi connectivity index (χ4v) is 2.00. The Morgan fingerprint density at radius 3 is 2.68 bits per heavy atom. The van der Waals surface area contributed by atoms with Crippen molar-refractivity contribution in [3.63, 3.8) is 0 Å². The SMILES string of the molecule is Cc1nc(Cc2c(F)cccc2Cl)nc(NN)c1C. The molecule has 0 aliphatic carbocycles. The number of rotatable bonds is 3. The van der Waals surface area contributed by atoms with E-state index >= 15 is 0 Å². The van der Waals surface area contributed by atoms with Crippen LogP contribution in [-0.2, 0) is 6.42 Å². The monoisotopic (exact) mass is 280 g/mol. The smallest absolute Gasteiger partial charge is 0.146 e. The Morgan fingerprint density at radius 1 is 1.32 bits per heavy atom. The van der Waals surface area contributed by atoms with Gasteiger partial charge in [0.05, 0.1) is 0 Å². The Labute approximate surface area is 115 Å². The molecule has 0 spiro atoms. The minimum Gasteiger partial charge on any atom is -0.308 e. The van der Waals surface area contributed by atoms with Crippen molar-refractivity contribution in [3.05, 3.63) is 51.7 Å². The number of hydrogen-bond donors (Lipinski definition) is 2. The van der Waals surface area contributed by atoms with E-state index < -0.39 is 0 Å². The Balaban J connectivity index is 2.41. The van der Waals surface area contributed by atoms with Crippen molar-refractivity contribution in [3.8, 4) is 0 Å². The van der Waals surface area contributed by atoms with Crippen LogP contribution in [0.2, 0.25) is 5.02 Å². The summed E-state index contributed by atoms with van der Waals surface area (Å²) in [7, 11) is 0. The van der Waals surface area contributed by atoms with Crippen LogP contribution >= 0.6 is 11.6 Å². The van der Waals surface area contributed by atoms with Gasteiger partial charge in [0.25, 0.3) is 0 Å². The number of hydrogen-bond acceptors (Lipinski definition) is 4. The van der Waals surface area contributed by atoms with E-state index in [1.54, 1.807) is 12.1 Å². The quantitative estimate of drug-likeness (QED) is 0.670. The van der Waals surface area contributed by atoms with Crippen molar-refractivity contribution < 1.29 is 4.39 Å². The van der Waals surface area contributed by atoms with Crippen LogP contribution in [0.4, 0.5) is 10.2 Å². The molecule has 2 aromatic rings. The number of benzene rings is 1. The van der Waals surface area contributed by atoms with Crippen molar-refractivity contribution in [1.82, 2.24) is 9.97 Å². The summed E-state index contributed by atoms with van der Waals surface area (Å²) in [6.07, 6.45) is 0.224. The molecule has 1 aromatic carbocycles. The van der Waals surface area contributed by atoms with E-state index in [9.17, 15) is 4.39 Å². The van der Waals surface area contributed by atoms with Crippen LogP contribution < -0.4 is 11.3 Å². The highest BCUT2D eigenvalue weighted by atomic mass is 35.5. The Morgan fingerprint density at radius 2 is 2.05 bits per heavy atom. The van der Waals surface area contributed by atoms with Crippen LogP contribution in [0.15, 0.2) is 18.2 Å². The van der Waals surface area contributed by atoms with E-state index in [-0.39, 0.29) is 12.2 Å². The van der Waals surface area contributed by atoms with Gasteiger partial charge in [0.15, 0.2) is 0 Å². The van der Waals surface area contributed by atoms with Gasteiger partial charge in [-0.2, -0.15) is 0 Å². The van der Waals surface area contributed by atoms with Crippen LogP contribution in [0, 0.1) is 19.7 Å². The van der Waals surface area contributed by atoms with Crippen molar-refractivity contribution in [2.24, 2.45) is 5.84 Å². The highest BCUT2D eigenvalue weighted by molar-refractivity contribution is 6.31. The highest BCUT2D eigenvalue weighted by Crippen LogP contribution is 2.22. The van der Waals surface area contributed by atoms with Crippen LogP contribution in [-0.4, -0.2) is 9.97 Å². The number of aromatic nitrogens is 2. The van der Waals surface area contributed by atoms with Crippen molar-refractivity contribution in [1.29, 1.82) is 0 Å². The fraction of sp³-hybridized carbons (Fsp3) is 0.231. The first-order valence-electron chi connectivity index (χ1n) is 5.76. The third-order valence-electron chi connectivity index (χ3n) is 2.97. The summed E-state index contributed by atoms with van der Waals surface area (Å²) in [6, 6.07) is 4.57. The Kier molecular flexibility index (Phi) is 3.97. The van der Waals surface area contributed by atoms with Gasteiger partial charge < -0.3 is 5.43 Å². The van der Waals surface area contributed by atoms with Gasteiger partial charge in [0, 0.05) is 28.3 Å². The average molecular weight is 281 g/mol. The van der Waals surface area contributed by atoms with E-state index in [4.69, 9.17) is 17.4 Å². The third kappa shape index (κ3) is 2.83. The van der Waals surface area contributed by atoms with Gasteiger partial charge in [-0.1, -0.05) is 17.7 Å². The summed E-state index contributed by atoms with van der Waals surface area (Å²) < 4.78 is 13.7. The second kappa shape index (κ2) is 5.50. The molecule has 6 heteroatoms. The van der Waals surface area contributed by atoms with E-state index in [2.05, 4.69) is 15.4 Å².